The van der Waals surface area contributed by atoms with Crippen molar-refractivity contribution in [3.8, 4) is 11.5 Å². The minimum Gasteiger partial charge on any atom is -0.490 e. The highest BCUT2D eigenvalue weighted by molar-refractivity contribution is 6.39. The Kier molecular flexibility index (Phi) is 7.59. The van der Waals surface area contributed by atoms with Gasteiger partial charge in [-0.05, 0) is 79.4 Å². The molecule has 1 heterocycles. The van der Waals surface area contributed by atoms with Crippen LogP contribution in [-0.4, -0.2) is 24.5 Å². The van der Waals surface area contributed by atoms with Gasteiger partial charge in [0.25, 0.3) is 11.8 Å². The number of imide groups is 2. The predicted molar refractivity (Wildman–Crippen MR) is 138 cm³/mol. The summed E-state index contributed by atoms with van der Waals surface area (Å²) in [7, 11) is 0. The Balaban J connectivity index is 1.67. The molecule has 0 spiro atoms. The smallest absolute Gasteiger partial charge is 0.335 e. The monoisotopic (exact) mass is 522 g/mol. The van der Waals surface area contributed by atoms with Gasteiger partial charge in [0.2, 0.25) is 0 Å². The highest BCUT2D eigenvalue weighted by atomic mass is 35.5. The van der Waals surface area contributed by atoms with Crippen LogP contribution in [0.1, 0.15) is 29.2 Å². The molecule has 3 aromatic carbocycles. The standard InChI is InChI=1S/C28H24ClFN2O5/c1-4-36-24-14-19(13-22(29)25(24)37-15-18-8-10-20(30)11-9-18)12-21-26(33)31-28(35)32(27(21)34)23-7-5-6-16(2)17(23)3/h5-14H,4,15H2,1-3H3,(H,31,33,35)/b21-12+. The number of anilines is 1. The van der Waals surface area contributed by atoms with Crippen LogP contribution in [0.4, 0.5) is 14.9 Å². The van der Waals surface area contributed by atoms with Gasteiger partial charge in [-0.1, -0.05) is 35.9 Å². The number of aryl methyl sites for hydroxylation is 1. The van der Waals surface area contributed by atoms with E-state index in [1.165, 1.54) is 24.3 Å². The maximum absolute atomic E-state index is 13.3. The first kappa shape index (κ1) is 25.9. The zero-order valence-corrected chi connectivity index (χ0v) is 21.2. The summed E-state index contributed by atoms with van der Waals surface area (Å²) in [5.41, 5.74) is 2.91. The summed E-state index contributed by atoms with van der Waals surface area (Å²) in [6, 6.07) is 13.4. The number of urea groups is 1. The number of hydrogen-bond acceptors (Lipinski definition) is 5. The van der Waals surface area contributed by atoms with E-state index in [0.29, 0.717) is 23.6 Å². The molecule has 190 valence electrons. The third-order valence-electron chi connectivity index (χ3n) is 5.86. The van der Waals surface area contributed by atoms with E-state index in [4.69, 9.17) is 21.1 Å². The molecule has 0 bridgehead atoms. The predicted octanol–water partition coefficient (Wildman–Crippen LogP) is 5.74. The Morgan fingerprint density at radius 2 is 1.76 bits per heavy atom. The third kappa shape index (κ3) is 5.49. The molecule has 37 heavy (non-hydrogen) atoms. The van der Waals surface area contributed by atoms with Crippen molar-refractivity contribution in [3.63, 3.8) is 0 Å². The molecule has 0 aliphatic carbocycles. The lowest BCUT2D eigenvalue weighted by atomic mass is 10.0. The Labute approximate surface area is 218 Å². The van der Waals surface area contributed by atoms with Crippen molar-refractivity contribution in [1.29, 1.82) is 0 Å². The number of barbiturate groups is 1. The summed E-state index contributed by atoms with van der Waals surface area (Å²) in [4.78, 5) is 39.5. The highest BCUT2D eigenvalue weighted by Crippen LogP contribution is 2.38. The van der Waals surface area contributed by atoms with Crippen molar-refractivity contribution >= 4 is 41.2 Å². The number of rotatable bonds is 7. The molecular weight excluding hydrogens is 499 g/mol. The Bertz CT molecular complexity index is 1420. The van der Waals surface area contributed by atoms with Crippen LogP contribution in [0.2, 0.25) is 5.02 Å². The number of carbonyl (C=O) groups is 3. The van der Waals surface area contributed by atoms with Crippen molar-refractivity contribution in [1.82, 2.24) is 5.32 Å². The Morgan fingerprint density at radius 1 is 1.03 bits per heavy atom. The molecule has 1 saturated heterocycles. The number of nitrogens with zero attached hydrogens (tertiary/aromatic N) is 1. The zero-order valence-electron chi connectivity index (χ0n) is 20.4. The SMILES string of the molecule is CCOc1cc(/C=C2\C(=O)NC(=O)N(c3cccc(C)c3C)C2=O)cc(Cl)c1OCc1ccc(F)cc1. The molecule has 3 aromatic rings. The topological polar surface area (TPSA) is 84.9 Å². The second-order valence-electron chi connectivity index (χ2n) is 8.36. The first-order valence-corrected chi connectivity index (χ1v) is 11.9. The molecular formula is C28H24ClFN2O5. The Hall–Kier alpha value is -4.17. The summed E-state index contributed by atoms with van der Waals surface area (Å²) in [6.45, 7) is 5.87. The molecule has 1 N–H and O–H groups in total. The van der Waals surface area contributed by atoms with Gasteiger partial charge in [-0.15, -0.1) is 0 Å². The number of nitrogens with one attached hydrogen (secondary N) is 1. The van der Waals surface area contributed by atoms with Gasteiger partial charge in [-0.2, -0.15) is 0 Å². The fraction of sp³-hybridized carbons (Fsp3) is 0.179. The van der Waals surface area contributed by atoms with Crippen molar-refractivity contribution < 1.29 is 28.2 Å². The average Bonchev–Trinajstić information content (AvgIpc) is 2.85. The second kappa shape index (κ2) is 10.8. The molecule has 0 atom stereocenters. The maximum Gasteiger partial charge on any atom is 0.335 e. The minimum absolute atomic E-state index is 0.119. The molecule has 0 radical (unpaired) electrons. The zero-order chi connectivity index (χ0) is 26.7. The Morgan fingerprint density at radius 3 is 2.46 bits per heavy atom. The molecule has 9 heteroatoms. The molecule has 4 rings (SSSR count). The largest absolute Gasteiger partial charge is 0.490 e. The van der Waals surface area contributed by atoms with Crippen LogP contribution in [0.25, 0.3) is 6.08 Å². The quantitative estimate of drug-likeness (QED) is 0.316. The summed E-state index contributed by atoms with van der Waals surface area (Å²) < 4.78 is 24.7. The normalized spacial score (nSPS) is 14.7. The van der Waals surface area contributed by atoms with Gasteiger partial charge < -0.3 is 9.47 Å². The van der Waals surface area contributed by atoms with E-state index >= 15 is 0 Å². The van der Waals surface area contributed by atoms with Crippen molar-refractivity contribution in [3.05, 3.63) is 93.3 Å². The van der Waals surface area contributed by atoms with Crippen molar-refractivity contribution in [2.75, 3.05) is 11.5 Å². The number of carbonyl (C=O) groups excluding carboxylic acids is 3. The first-order chi connectivity index (χ1) is 17.7. The van der Waals surface area contributed by atoms with E-state index in [9.17, 15) is 18.8 Å². The lowest BCUT2D eigenvalue weighted by molar-refractivity contribution is -0.122. The summed E-state index contributed by atoms with van der Waals surface area (Å²) in [5, 5.41) is 2.41. The number of halogens is 2. The minimum atomic E-state index is -0.821. The van der Waals surface area contributed by atoms with Crippen LogP contribution in [0.5, 0.6) is 11.5 Å². The van der Waals surface area contributed by atoms with Gasteiger partial charge in [0, 0.05) is 0 Å². The molecule has 1 fully saturated rings. The van der Waals surface area contributed by atoms with Gasteiger partial charge in [-0.25, -0.2) is 14.1 Å². The van der Waals surface area contributed by atoms with Crippen LogP contribution in [0.15, 0.2) is 60.2 Å². The van der Waals surface area contributed by atoms with Crippen molar-refractivity contribution in [2.45, 2.75) is 27.4 Å². The maximum atomic E-state index is 13.3. The molecule has 0 unspecified atom stereocenters. The van der Waals surface area contributed by atoms with E-state index in [1.54, 1.807) is 44.2 Å². The summed E-state index contributed by atoms with van der Waals surface area (Å²) in [5.74, 6) is -1.36. The number of hydrogen-bond donors (Lipinski definition) is 1. The molecule has 7 nitrogen and oxygen atoms in total. The number of ether oxygens (including phenoxy) is 2. The average molecular weight is 523 g/mol. The fourth-order valence-corrected chi connectivity index (χ4v) is 4.10. The van der Waals surface area contributed by atoms with Crippen LogP contribution in [-0.2, 0) is 16.2 Å². The second-order valence-corrected chi connectivity index (χ2v) is 8.76. The van der Waals surface area contributed by atoms with Gasteiger partial charge in [0.1, 0.15) is 18.0 Å². The lowest BCUT2D eigenvalue weighted by Gasteiger charge is -2.28. The highest BCUT2D eigenvalue weighted by Gasteiger charge is 2.37. The van der Waals surface area contributed by atoms with Crippen LogP contribution in [0.3, 0.4) is 0 Å². The number of benzene rings is 3. The van der Waals surface area contributed by atoms with Gasteiger partial charge in [-0.3, -0.25) is 14.9 Å². The van der Waals surface area contributed by atoms with E-state index in [2.05, 4.69) is 5.32 Å². The van der Waals surface area contributed by atoms with E-state index < -0.39 is 17.8 Å². The van der Waals surface area contributed by atoms with Gasteiger partial charge >= 0.3 is 6.03 Å². The summed E-state index contributed by atoms with van der Waals surface area (Å²) in [6.07, 6.45) is 1.35. The lowest BCUT2D eigenvalue weighted by Crippen LogP contribution is -2.54. The van der Waals surface area contributed by atoms with Gasteiger partial charge in [0.05, 0.1) is 17.3 Å². The molecule has 1 aliphatic heterocycles. The van der Waals surface area contributed by atoms with Crippen LogP contribution >= 0.6 is 11.6 Å². The molecule has 0 aromatic heterocycles. The van der Waals surface area contributed by atoms with E-state index in [-0.39, 0.29) is 28.8 Å². The van der Waals surface area contributed by atoms with Crippen molar-refractivity contribution in [2.24, 2.45) is 0 Å². The van der Waals surface area contributed by atoms with E-state index in [0.717, 1.165) is 21.6 Å². The molecule has 0 saturated carbocycles. The van der Waals surface area contributed by atoms with Crippen LogP contribution in [0, 0.1) is 19.7 Å². The van der Waals surface area contributed by atoms with Crippen LogP contribution < -0.4 is 19.7 Å². The van der Waals surface area contributed by atoms with E-state index in [1.807, 2.05) is 13.0 Å². The third-order valence-corrected chi connectivity index (χ3v) is 6.14. The van der Waals surface area contributed by atoms with Gasteiger partial charge in [0.15, 0.2) is 11.5 Å². The summed E-state index contributed by atoms with van der Waals surface area (Å²) >= 11 is 6.49. The number of amides is 4. The molecule has 4 amide bonds. The first-order valence-electron chi connectivity index (χ1n) is 11.5. The molecule has 1 aliphatic rings. The fourth-order valence-electron chi connectivity index (χ4n) is 3.83.